The molecule has 0 spiro atoms. The molecule has 0 aromatic carbocycles. The Kier molecular flexibility index (Phi) is 4.52. The molecule has 7 heteroatoms. The smallest absolute Gasteiger partial charge is 0.420 e. The van der Waals surface area contributed by atoms with Crippen LogP contribution in [0.5, 0.6) is 0 Å². The van der Waals surface area contributed by atoms with Gasteiger partial charge in [0.25, 0.3) is 0 Å². The fourth-order valence-electron chi connectivity index (χ4n) is 4.83. The molecule has 1 aliphatic rings. The zero-order valence-electron chi connectivity index (χ0n) is 18.9. The maximum Gasteiger partial charge on any atom is 0.420 e. The minimum atomic E-state index is -0.576. The highest BCUT2D eigenvalue weighted by molar-refractivity contribution is 7.17. The van der Waals surface area contributed by atoms with Crippen LogP contribution in [0.1, 0.15) is 69.2 Å². The van der Waals surface area contributed by atoms with Gasteiger partial charge < -0.3 is 4.74 Å². The van der Waals surface area contributed by atoms with Gasteiger partial charge in [0.2, 0.25) is 0 Å². The topological polar surface area (TPSA) is 61.4 Å². The summed E-state index contributed by atoms with van der Waals surface area (Å²) in [5, 5.41) is 7.74. The molecule has 0 atom stereocenters. The van der Waals surface area contributed by atoms with Crippen LogP contribution in [0, 0.1) is 6.92 Å². The minimum absolute atomic E-state index is 0.248. The molecule has 0 radical (unpaired) electrons. The predicted molar refractivity (Wildman–Crippen MR) is 124 cm³/mol. The van der Waals surface area contributed by atoms with Crippen LogP contribution in [-0.4, -0.2) is 30.9 Å². The lowest BCUT2D eigenvalue weighted by atomic mass is 9.93. The van der Waals surface area contributed by atoms with Crippen molar-refractivity contribution in [2.24, 2.45) is 0 Å². The van der Waals surface area contributed by atoms with Crippen LogP contribution in [0.25, 0.3) is 27.1 Å². The number of nitrogens with zero attached hydrogens (tertiary/aromatic N) is 4. The number of carbonyl (C=O) groups excluding carboxylic acids is 1. The number of hydrogen-bond acceptors (Lipinski definition) is 5. The Hall–Kier alpha value is -2.67. The first-order valence-corrected chi connectivity index (χ1v) is 11.8. The molecule has 0 bridgehead atoms. The molecule has 0 amide bonds. The second-order valence-electron chi connectivity index (χ2n) is 9.71. The summed E-state index contributed by atoms with van der Waals surface area (Å²) in [5.41, 5.74) is 7.31. The average molecular weight is 437 g/mol. The maximum absolute atomic E-state index is 13.5. The second-order valence-corrected chi connectivity index (χ2v) is 10.6. The van der Waals surface area contributed by atoms with Gasteiger partial charge in [-0.15, -0.1) is 11.3 Å². The zero-order chi connectivity index (χ0) is 22.1. The fraction of sp³-hybridized carbons (Fsp3) is 0.458. The summed E-state index contributed by atoms with van der Waals surface area (Å²) < 4.78 is 9.55. The summed E-state index contributed by atoms with van der Waals surface area (Å²) in [6.07, 6.45) is 6.39. The highest BCUT2D eigenvalue weighted by Crippen LogP contribution is 2.45. The maximum atomic E-state index is 13.5. The van der Waals surface area contributed by atoms with E-state index < -0.39 is 5.60 Å². The molecule has 0 N–H and O–H groups in total. The van der Waals surface area contributed by atoms with Gasteiger partial charge in [0.15, 0.2) is 5.65 Å². The van der Waals surface area contributed by atoms with Gasteiger partial charge in [0.1, 0.15) is 16.8 Å². The third kappa shape index (κ3) is 3.09. The van der Waals surface area contributed by atoms with Crippen molar-refractivity contribution in [3.05, 3.63) is 40.2 Å². The van der Waals surface area contributed by atoms with E-state index in [1.807, 2.05) is 36.1 Å². The number of aromatic nitrogens is 4. The van der Waals surface area contributed by atoms with Gasteiger partial charge in [-0.1, -0.05) is 13.8 Å². The normalized spacial score (nSPS) is 14.2. The summed E-state index contributed by atoms with van der Waals surface area (Å²) in [5.74, 6) is 0.248. The second kappa shape index (κ2) is 6.92. The molecular weight excluding hydrogens is 408 g/mol. The van der Waals surface area contributed by atoms with Crippen molar-refractivity contribution in [1.29, 1.82) is 0 Å². The summed E-state index contributed by atoms with van der Waals surface area (Å²) >= 11 is 1.61. The first-order valence-electron chi connectivity index (χ1n) is 10.9. The van der Waals surface area contributed by atoms with Crippen LogP contribution in [0.15, 0.2) is 17.9 Å². The number of ether oxygens (including phenoxy) is 1. The highest BCUT2D eigenvalue weighted by atomic mass is 32.1. The third-order valence-electron chi connectivity index (χ3n) is 5.95. The number of hydrogen-bond donors (Lipinski definition) is 0. The molecule has 31 heavy (non-hydrogen) atoms. The van der Waals surface area contributed by atoms with Crippen LogP contribution in [0.3, 0.4) is 0 Å². The van der Waals surface area contributed by atoms with Crippen molar-refractivity contribution in [3.63, 3.8) is 0 Å². The Bertz CT molecular complexity index is 1330. The Morgan fingerprint density at radius 2 is 1.97 bits per heavy atom. The van der Waals surface area contributed by atoms with E-state index in [9.17, 15) is 4.79 Å². The third-order valence-corrected chi connectivity index (χ3v) is 7.03. The molecule has 0 fully saturated rings. The Balaban J connectivity index is 1.89. The lowest BCUT2D eigenvalue weighted by molar-refractivity contribution is 0.0547. The summed E-state index contributed by atoms with van der Waals surface area (Å²) in [7, 11) is 0. The quantitative estimate of drug-likeness (QED) is 0.380. The molecular formula is C24H28N4O2S. The number of thiophene rings is 1. The molecule has 6 nitrogen and oxygen atoms in total. The largest absolute Gasteiger partial charge is 0.443 e. The van der Waals surface area contributed by atoms with Crippen molar-refractivity contribution in [1.82, 2.24) is 19.2 Å². The first kappa shape index (κ1) is 20.2. The van der Waals surface area contributed by atoms with E-state index in [4.69, 9.17) is 4.74 Å². The standard InChI is InChI=1S/C24H28N4O2S/c1-13(2)18-19-14(3)11-31-22(19)28(23(29)30-24(4,5)6)20(18)17-10-27-21(25-12-26-27)16-9-7-8-15(16)17/h10-13H,7-9H2,1-6H3. The van der Waals surface area contributed by atoms with Crippen LogP contribution in [-0.2, 0) is 17.6 Å². The van der Waals surface area contributed by atoms with Crippen LogP contribution in [0.4, 0.5) is 4.79 Å². The van der Waals surface area contributed by atoms with Gasteiger partial charge >= 0.3 is 6.09 Å². The van der Waals surface area contributed by atoms with E-state index in [2.05, 4.69) is 36.2 Å². The van der Waals surface area contributed by atoms with Gasteiger partial charge in [-0.2, -0.15) is 5.10 Å². The van der Waals surface area contributed by atoms with Gasteiger partial charge in [0, 0.05) is 22.7 Å². The summed E-state index contributed by atoms with van der Waals surface area (Å²) in [6.45, 7) is 12.2. The van der Waals surface area contributed by atoms with Gasteiger partial charge in [-0.05, 0) is 74.9 Å². The Morgan fingerprint density at radius 3 is 2.68 bits per heavy atom. The molecule has 0 unspecified atom stereocenters. The summed E-state index contributed by atoms with van der Waals surface area (Å²) in [4.78, 5) is 19.0. The minimum Gasteiger partial charge on any atom is -0.443 e. The average Bonchev–Trinajstić information content (AvgIpc) is 3.42. The molecule has 4 aromatic rings. The van der Waals surface area contributed by atoms with Crippen molar-refractivity contribution in [2.45, 2.75) is 72.3 Å². The first-order chi connectivity index (χ1) is 14.7. The van der Waals surface area contributed by atoms with Crippen molar-refractivity contribution in [2.75, 3.05) is 0 Å². The molecule has 5 rings (SSSR count). The number of carbonyl (C=O) groups is 1. The monoisotopic (exact) mass is 436 g/mol. The van der Waals surface area contributed by atoms with E-state index in [1.165, 1.54) is 27.6 Å². The number of pyridine rings is 1. The SMILES string of the molecule is Cc1csc2c1c(C(C)C)c(-c1cn3ncnc3c3c1CCC3)n2C(=O)OC(C)(C)C. The molecule has 0 aliphatic heterocycles. The number of fused-ring (bicyclic) bond motifs is 4. The van der Waals surface area contributed by atoms with Gasteiger partial charge in [0.05, 0.1) is 5.69 Å². The van der Waals surface area contributed by atoms with Crippen LogP contribution < -0.4 is 0 Å². The molecule has 0 saturated heterocycles. The Labute approximate surface area is 185 Å². The molecule has 0 saturated carbocycles. The van der Waals surface area contributed by atoms with Crippen molar-refractivity contribution >= 4 is 33.3 Å². The van der Waals surface area contributed by atoms with E-state index in [0.29, 0.717) is 0 Å². The number of aryl methyl sites for hydroxylation is 2. The number of rotatable bonds is 2. The van der Waals surface area contributed by atoms with Crippen LogP contribution in [0.2, 0.25) is 0 Å². The van der Waals surface area contributed by atoms with E-state index in [0.717, 1.165) is 41.0 Å². The van der Waals surface area contributed by atoms with E-state index in [1.54, 1.807) is 17.7 Å². The molecule has 1 aliphatic carbocycles. The zero-order valence-corrected chi connectivity index (χ0v) is 19.8. The van der Waals surface area contributed by atoms with Gasteiger partial charge in [-0.25, -0.2) is 18.9 Å². The fourth-order valence-corrected chi connectivity index (χ4v) is 5.89. The molecule has 4 heterocycles. The van der Waals surface area contributed by atoms with Gasteiger partial charge in [-0.3, -0.25) is 0 Å². The van der Waals surface area contributed by atoms with Crippen LogP contribution >= 0.6 is 11.3 Å². The van der Waals surface area contributed by atoms with Crippen molar-refractivity contribution in [3.8, 4) is 11.3 Å². The Morgan fingerprint density at radius 1 is 1.23 bits per heavy atom. The van der Waals surface area contributed by atoms with E-state index in [-0.39, 0.29) is 12.0 Å². The highest BCUT2D eigenvalue weighted by Gasteiger charge is 2.32. The molecule has 162 valence electrons. The predicted octanol–water partition coefficient (Wildman–Crippen LogP) is 6.12. The molecule has 4 aromatic heterocycles. The summed E-state index contributed by atoms with van der Waals surface area (Å²) in [6, 6.07) is 0. The van der Waals surface area contributed by atoms with E-state index >= 15 is 0 Å². The lowest BCUT2D eigenvalue weighted by Crippen LogP contribution is -2.27. The van der Waals surface area contributed by atoms with Crippen molar-refractivity contribution < 1.29 is 9.53 Å². The lowest BCUT2D eigenvalue weighted by Gasteiger charge is -2.22.